The van der Waals surface area contributed by atoms with Gasteiger partial charge in [0.1, 0.15) is 10.1 Å². The van der Waals surface area contributed by atoms with Gasteiger partial charge in [0.2, 0.25) is 0 Å². The van der Waals surface area contributed by atoms with E-state index in [2.05, 4.69) is 12.1 Å². The van der Waals surface area contributed by atoms with E-state index in [1.165, 1.54) is 70.8 Å². The van der Waals surface area contributed by atoms with Gasteiger partial charge in [-0.15, -0.1) is 23.5 Å². The average molecular weight is 371 g/mol. The van der Waals surface area contributed by atoms with Crippen LogP contribution in [0, 0.1) is 0 Å². The number of hydrogen-bond donors (Lipinski definition) is 0. The maximum absolute atomic E-state index is 5.83. The zero-order valence-corrected chi connectivity index (χ0v) is 16.0. The first-order valence-corrected chi connectivity index (χ1v) is 11.2. The molecule has 3 heterocycles. The van der Waals surface area contributed by atoms with Crippen molar-refractivity contribution in [1.29, 1.82) is 0 Å². The van der Waals surface area contributed by atoms with E-state index in [9.17, 15) is 0 Å². The molecule has 4 bridgehead atoms. The van der Waals surface area contributed by atoms with Gasteiger partial charge in [0.05, 0.1) is 24.6 Å². The summed E-state index contributed by atoms with van der Waals surface area (Å²) < 4.78 is 5.83. The Bertz CT molecular complexity index is 754. The monoisotopic (exact) mass is 370 g/mol. The molecule has 0 saturated carbocycles. The fraction of sp³-hybridized carbons (Fsp3) is 0.500. The van der Waals surface area contributed by atoms with Crippen LogP contribution in [0.15, 0.2) is 22.2 Å². The molecule has 0 atom stereocenters. The molecular weight excluding hydrogens is 348 g/mol. The molecule has 5 rings (SSSR count). The summed E-state index contributed by atoms with van der Waals surface area (Å²) in [5, 5.41) is 2.42. The minimum atomic E-state index is 0.801. The third kappa shape index (κ3) is 3.11. The Morgan fingerprint density at radius 3 is 1.76 bits per heavy atom. The first kappa shape index (κ1) is 16.2. The summed E-state index contributed by atoms with van der Waals surface area (Å²) in [5.41, 5.74) is 8.05. The van der Waals surface area contributed by atoms with Crippen LogP contribution in [0.3, 0.4) is 0 Å². The summed E-state index contributed by atoms with van der Waals surface area (Å²) in [6.07, 6.45) is 7.21. The van der Waals surface area contributed by atoms with Crippen LogP contribution in [0.4, 0.5) is 0 Å². The lowest BCUT2D eigenvalue weighted by molar-refractivity contribution is 0.167. The number of aryl methyl sites for hydroxylation is 2. The second kappa shape index (κ2) is 6.93. The van der Waals surface area contributed by atoms with Gasteiger partial charge in [-0.2, -0.15) is 0 Å². The van der Waals surface area contributed by atoms with Crippen LogP contribution in [0.5, 0.6) is 0 Å². The number of hydrogen-bond acceptors (Lipinski definition) is 5. The van der Waals surface area contributed by atoms with Crippen LogP contribution in [0.2, 0.25) is 0 Å². The van der Waals surface area contributed by atoms with Crippen LogP contribution < -0.4 is 0 Å². The molecule has 0 unspecified atom stereocenters. The van der Waals surface area contributed by atoms with Crippen molar-refractivity contribution in [3.05, 3.63) is 34.4 Å². The Morgan fingerprint density at radius 2 is 1.24 bits per heavy atom. The van der Waals surface area contributed by atoms with Gasteiger partial charge in [-0.05, 0) is 72.9 Å². The van der Waals surface area contributed by atoms with Gasteiger partial charge in [-0.1, -0.05) is 0 Å². The molecule has 2 aromatic heterocycles. The van der Waals surface area contributed by atoms with Crippen LogP contribution in [0.25, 0.3) is 11.4 Å². The van der Waals surface area contributed by atoms with Crippen molar-refractivity contribution in [2.24, 2.45) is 0 Å². The van der Waals surface area contributed by atoms with Gasteiger partial charge in [0.25, 0.3) is 0 Å². The van der Waals surface area contributed by atoms with Crippen molar-refractivity contribution < 1.29 is 4.74 Å². The smallest absolute Gasteiger partial charge is 0.100 e. The molecule has 0 N–H and O–H groups in total. The van der Waals surface area contributed by atoms with Crippen molar-refractivity contribution >= 4 is 23.5 Å². The van der Waals surface area contributed by atoms with Crippen LogP contribution >= 0.6 is 23.5 Å². The van der Waals surface area contributed by atoms with E-state index in [1.54, 1.807) is 0 Å². The van der Waals surface area contributed by atoms with Crippen molar-refractivity contribution in [1.82, 2.24) is 9.97 Å². The second-order valence-electron chi connectivity index (χ2n) is 6.92. The van der Waals surface area contributed by atoms with E-state index in [4.69, 9.17) is 14.7 Å². The fourth-order valence-corrected chi connectivity index (χ4v) is 6.02. The zero-order chi connectivity index (χ0) is 16.6. The molecule has 2 aliphatic carbocycles. The number of thioether (sulfide) groups is 2. The summed E-state index contributed by atoms with van der Waals surface area (Å²) in [7, 11) is 0. The highest BCUT2D eigenvalue weighted by Crippen LogP contribution is 2.37. The molecule has 2 aromatic rings. The van der Waals surface area contributed by atoms with E-state index >= 15 is 0 Å². The third-order valence-corrected chi connectivity index (χ3v) is 7.26. The van der Waals surface area contributed by atoms with Crippen molar-refractivity contribution in [3.63, 3.8) is 0 Å². The maximum atomic E-state index is 5.83. The van der Waals surface area contributed by atoms with Crippen molar-refractivity contribution in [3.8, 4) is 11.4 Å². The van der Waals surface area contributed by atoms with Gasteiger partial charge >= 0.3 is 0 Å². The molecule has 5 heteroatoms. The highest BCUT2D eigenvalue weighted by Gasteiger charge is 2.22. The third-order valence-electron chi connectivity index (χ3n) is 5.30. The number of rotatable bonds is 0. The summed E-state index contributed by atoms with van der Waals surface area (Å²) in [6, 6.07) is 4.61. The summed E-state index contributed by atoms with van der Waals surface area (Å²) in [4.78, 5) is 10.1. The minimum Gasteiger partial charge on any atom is -0.380 e. The molecule has 3 aliphatic rings. The Morgan fingerprint density at radius 1 is 0.720 bits per heavy atom. The van der Waals surface area contributed by atoms with Gasteiger partial charge < -0.3 is 4.74 Å². The molecule has 0 amide bonds. The van der Waals surface area contributed by atoms with Gasteiger partial charge in [0, 0.05) is 11.5 Å². The summed E-state index contributed by atoms with van der Waals surface area (Å²) in [5.74, 6) is 1.96. The van der Waals surface area contributed by atoms with E-state index in [1.807, 2.05) is 23.5 Å². The topological polar surface area (TPSA) is 35.0 Å². The first-order chi connectivity index (χ1) is 12.4. The number of pyridine rings is 2. The van der Waals surface area contributed by atoms with Crippen LogP contribution in [0.1, 0.15) is 35.1 Å². The lowest BCUT2D eigenvalue weighted by Gasteiger charge is -2.12. The first-order valence-electron chi connectivity index (χ1n) is 9.28. The average Bonchev–Trinajstić information content (AvgIpc) is 3.28. The largest absolute Gasteiger partial charge is 0.380 e. The minimum absolute atomic E-state index is 0.801. The standard InChI is InChI=1S/C20H22N2OS2/c1-3-13-11-17-18-12-14-4-2-6-16(14)20(22-18)25-10-8-23-7-9-24-19(21-17)15(13)5-1/h11-12H,1-10H2. The van der Waals surface area contributed by atoms with E-state index < -0.39 is 0 Å². The molecule has 130 valence electrons. The van der Waals surface area contributed by atoms with Crippen molar-refractivity contribution in [2.75, 3.05) is 24.7 Å². The molecule has 0 saturated heterocycles. The Kier molecular flexibility index (Phi) is 4.48. The summed E-state index contributed by atoms with van der Waals surface area (Å²) >= 11 is 3.71. The molecular formula is C20H22N2OS2. The Labute approximate surface area is 157 Å². The van der Waals surface area contributed by atoms with Crippen molar-refractivity contribution in [2.45, 2.75) is 48.6 Å². The molecule has 0 radical (unpaired) electrons. The second-order valence-corrected chi connectivity index (χ2v) is 9.08. The molecule has 3 nitrogen and oxygen atoms in total. The van der Waals surface area contributed by atoms with Crippen LogP contribution in [-0.4, -0.2) is 34.7 Å². The zero-order valence-electron chi connectivity index (χ0n) is 14.3. The maximum Gasteiger partial charge on any atom is 0.100 e. The number of nitrogens with zero attached hydrogens (tertiary/aromatic N) is 2. The normalized spacial score (nSPS) is 19.5. The van der Waals surface area contributed by atoms with Crippen LogP contribution in [-0.2, 0) is 30.4 Å². The van der Waals surface area contributed by atoms with E-state index in [-0.39, 0.29) is 0 Å². The number of ether oxygens (including phenoxy) is 1. The molecule has 25 heavy (non-hydrogen) atoms. The van der Waals surface area contributed by atoms with Gasteiger partial charge in [-0.25, -0.2) is 9.97 Å². The SMILES string of the molecule is c1c2nc(c3c1CCC3)SCCOCCSc1nc-2cc2c1CCC2. The lowest BCUT2D eigenvalue weighted by atomic mass is 10.1. The molecule has 1 aliphatic heterocycles. The predicted molar refractivity (Wildman–Crippen MR) is 104 cm³/mol. The van der Waals surface area contributed by atoms with E-state index in [0.717, 1.165) is 36.1 Å². The highest BCUT2D eigenvalue weighted by atomic mass is 32.2. The Balaban J connectivity index is 1.65. The highest BCUT2D eigenvalue weighted by molar-refractivity contribution is 7.99. The molecule has 0 spiro atoms. The predicted octanol–water partition coefficient (Wildman–Crippen LogP) is 4.34. The molecule has 0 fully saturated rings. The summed E-state index contributed by atoms with van der Waals surface area (Å²) in [6.45, 7) is 1.60. The Hall–Kier alpha value is -1.04. The lowest BCUT2D eigenvalue weighted by Crippen LogP contribution is -2.02. The number of aromatic nitrogens is 2. The molecule has 0 aromatic carbocycles. The fourth-order valence-electron chi connectivity index (χ4n) is 4.09. The quantitative estimate of drug-likeness (QED) is 0.689. The van der Waals surface area contributed by atoms with Gasteiger partial charge in [-0.3, -0.25) is 0 Å². The van der Waals surface area contributed by atoms with E-state index in [0.29, 0.717) is 0 Å². The van der Waals surface area contributed by atoms with Gasteiger partial charge in [0.15, 0.2) is 0 Å². The number of fused-ring (bicyclic) bond motifs is 9.